The molecule has 1 heterocycles. The molecule has 0 N–H and O–H groups in total. The van der Waals surface area contributed by atoms with Crippen molar-refractivity contribution in [1.82, 2.24) is 0 Å². The first kappa shape index (κ1) is 40.5. The molecule has 46 heavy (non-hydrogen) atoms. The predicted octanol–water partition coefficient (Wildman–Crippen LogP) is 4.42. The highest BCUT2D eigenvalue weighted by atomic mass is 16.7. The lowest BCUT2D eigenvalue weighted by Crippen LogP contribution is -2.47. The molecule has 3 atom stereocenters. The Morgan fingerprint density at radius 1 is 0.630 bits per heavy atom. The summed E-state index contributed by atoms with van der Waals surface area (Å²) in [5.74, 6) is -2.55. The molecule has 1 unspecified atom stereocenters. The Morgan fingerprint density at radius 3 is 1.61 bits per heavy atom. The second kappa shape index (κ2) is 23.7. The number of ether oxygens (including phenoxy) is 8. The Hall–Kier alpha value is -3.55. The van der Waals surface area contributed by atoms with Crippen molar-refractivity contribution >= 4 is 29.8 Å². The van der Waals surface area contributed by atoms with E-state index in [9.17, 15) is 24.0 Å². The van der Waals surface area contributed by atoms with Gasteiger partial charge in [-0.15, -0.1) is 0 Å². The van der Waals surface area contributed by atoms with Crippen molar-refractivity contribution in [3.8, 4) is 0 Å². The highest BCUT2D eigenvalue weighted by Gasteiger charge is 2.38. The highest BCUT2D eigenvalue weighted by molar-refractivity contribution is 5.87. The normalized spacial score (nSPS) is 17.3. The Morgan fingerprint density at radius 2 is 1.11 bits per heavy atom. The van der Waals surface area contributed by atoms with Crippen LogP contribution in [0.2, 0.25) is 0 Å². The van der Waals surface area contributed by atoms with Crippen molar-refractivity contribution in [1.29, 1.82) is 0 Å². The van der Waals surface area contributed by atoms with Gasteiger partial charge in [-0.3, -0.25) is 14.4 Å². The van der Waals surface area contributed by atoms with Crippen LogP contribution in [0.3, 0.4) is 0 Å². The minimum atomic E-state index is -1.00. The van der Waals surface area contributed by atoms with Gasteiger partial charge in [-0.1, -0.05) is 25.3 Å². The first-order valence-electron chi connectivity index (χ1n) is 15.5. The summed E-state index contributed by atoms with van der Waals surface area (Å²) in [5, 5.41) is 0. The molecule has 1 rings (SSSR count). The number of carbonyl (C=O) groups is 5. The maximum Gasteiger partial charge on any atom is 0.333 e. The van der Waals surface area contributed by atoms with Crippen molar-refractivity contribution in [3.63, 3.8) is 0 Å². The predicted molar refractivity (Wildman–Crippen MR) is 165 cm³/mol. The van der Waals surface area contributed by atoms with E-state index in [4.69, 9.17) is 37.9 Å². The van der Waals surface area contributed by atoms with Gasteiger partial charge in [0.25, 0.3) is 0 Å². The van der Waals surface area contributed by atoms with E-state index in [0.717, 1.165) is 5.57 Å². The molecule has 0 aromatic carbocycles. The fourth-order valence-corrected chi connectivity index (χ4v) is 3.82. The molecular formula is C33H50O13. The van der Waals surface area contributed by atoms with E-state index in [0.29, 0.717) is 62.9 Å². The lowest BCUT2D eigenvalue weighted by atomic mass is 10.1. The van der Waals surface area contributed by atoms with Crippen LogP contribution in [0.15, 0.2) is 36.5 Å². The van der Waals surface area contributed by atoms with Crippen LogP contribution in [0.25, 0.3) is 0 Å². The van der Waals surface area contributed by atoms with Crippen molar-refractivity contribution in [2.24, 2.45) is 0 Å². The third-order valence-electron chi connectivity index (χ3n) is 6.26. The molecule has 13 heteroatoms. The zero-order valence-corrected chi connectivity index (χ0v) is 27.5. The van der Waals surface area contributed by atoms with Crippen molar-refractivity contribution < 1.29 is 61.9 Å². The van der Waals surface area contributed by atoms with Crippen LogP contribution in [0.1, 0.15) is 85.0 Å². The molecule has 1 fully saturated rings. The molecular weight excluding hydrogens is 604 g/mol. The van der Waals surface area contributed by atoms with E-state index in [1.165, 1.54) is 0 Å². The van der Waals surface area contributed by atoms with Gasteiger partial charge in [0.15, 0.2) is 6.10 Å². The van der Waals surface area contributed by atoms with Crippen LogP contribution >= 0.6 is 0 Å². The molecule has 1 aliphatic heterocycles. The van der Waals surface area contributed by atoms with Crippen LogP contribution in [0.4, 0.5) is 0 Å². The molecule has 0 aromatic rings. The molecule has 0 spiro atoms. The first-order chi connectivity index (χ1) is 21.9. The summed E-state index contributed by atoms with van der Waals surface area (Å²) in [4.78, 5) is 60.4. The van der Waals surface area contributed by atoms with E-state index in [2.05, 4.69) is 19.7 Å². The largest absolute Gasteiger partial charge is 0.462 e. The zero-order valence-electron chi connectivity index (χ0n) is 27.5. The van der Waals surface area contributed by atoms with Crippen molar-refractivity contribution in [2.75, 3.05) is 39.8 Å². The van der Waals surface area contributed by atoms with Crippen LogP contribution in [-0.2, 0) is 61.9 Å². The topological polar surface area (TPSA) is 159 Å². The fourth-order valence-electron chi connectivity index (χ4n) is 3.82. The van der Waals surface area contributed by atoms with Gasteiger partial charge in [0.2, 0.25) is 6.29 Å². The molecule has 0 aromatic heterocycles. The van der Waals surface area contributed by atoms with E-state index >= 15 is 0 Å². The van der Waals surface area contributed by atoms with Crippen LogP contribution in [-0.4, -0.2) is 88.2 Å². The molecule has 1 saturated heterocycles. The second-order valence-electron chi connectivity index (χ2n) is 11.1. The molecule has 260 valence electrons. The van der Waals surface area contributed by atoms with E-state index in [1.807, 2.05) is 6.92 Å². The Balaban J connectivity index is 2.56. The Kier molecular flexibility index (Phi) is 20.9. The van der Waals surface area contributed by atoms with E-state index in [1.54, 1.807) is 13.8 Å². The average molecular weight is 655 g/mol. The summed E-state index contributed by atoms with van der Waals surface area (Å²) in [5.41, 5.74) is 1.48. The summed E-state index contributed by atoms with van der Waals surface area (Å²) in [6, 6.07) is 0. The molecule has 0 bridgehead atoms. The minimum Gasteiger partial charge on any atom is -0.462 e. The molecule has 0 aliphatic carbocycles. The average Bonchev–Trinajstić information content (AvgIpc) is 2.98. The molecule has 0 radical (unpaired) electrons. The summed E-state index contributed by atoms with van der Waals surface area (Å²) >= 11 is 0. The monoisotopic (exact) mass is 654 g/mol. The van der Waals surface area contributed by atoms with Gasteiger partial charge in [-0.05, 0) is 59.3 Å². The van der Waals surface area contributed by atoms with Crippen molar-refractivity contribution in [3.05, 3.63) is 36.5 Å². The number of hydrogen-bond acceptors (Lipinski definition) is 13. The van der Waals surface area contributed by atoms with Crippen LogP contribution in [0, 0.1) is 0 Å². The standard InChI is InChI=1S/C33H50O13/c1-23(2)20-40-22-39-16-10-7-13-28(34)44-26-19-31(46-30(36)15-9-12-18-42-33(38)25(5)6)43-21-27(26)45-29(35)14-8-11-17-41-32(37)24(3)4/h26-27,31H,1,3,5,7-22H2,2,4,6H3/t26-,27+,31?/m0/s1. The number of hydrogen-bond donors (Lipinski definition) is 0. The van der Waals surface area contributed by atoms with Gasteiger partial charge in [0, 0.05) is 37.0 Å². The van der Waals surface area contributed by atoms with Gasteiger partial charge in [0.1, 0.15) is 12.9 Å². The summed E-state index contributed by atoms with van der Waals surface area (Å²) in [7, 11) is 0. The highest BCUT2D eigenvalue weighted by Crippen LogP contribution is 2.23. The third-order valence-corrected chi connectivity index (χ3v) is 6.26. The van der Waals surface area contributed by atoms with Gasteiger partial charge in [-0.25, -0.2) is 9.59 Å². The van der Waals surface area contributed by atoms with Gasteiger partial charge >= 0.3 is 29.8 Å². The van der Waals surface area contributed by atoms with E-state index in [-0.39, 0.29) is 52.3 Å². The summed E-state index contributed by atoms with van der Waals surface area (Å²) in [6.45, 7) is 16.8. The number of carbonyl (C=O) groups excluding carboxylic acids is 5. The van der Waals surface area contributed by atoms with Gasteiger partial charge < -0.3 is 37.9 Å². The fraction of sp³-hybridized carbons (Fsp3) is 0.667. The van der Waals surface area contributed by atoms with Gasteiger partial charge in [-0.2, -0.15) is 0 Å². The summed E-state index contributed by atoms with van der Waals surface area (Å²) < 4.78 is 42.9. The number of esters is 5. The first-order valence-corrected chi connectivity index (χ1v) is 15.5. The molecule has 1 aliphatic rings. The lowest BCUT2D eigenvalue weighted by Gasteiger charge is -2.34. The Labute approximate surface area is 271 Å². The van der Waals surface area contributed by atoms with Crippen LogP contribution in [0.5, 0.6) is 0 Å². The smallest absolute Gasteiger partial charge is 0.333 e. The SMILES string of the molecule is C=C(C)COCOCCCCC(=O)O[C@H]1CC(OC(=O)CCCCOC(=O)C(=C)C)OC[C@H]1OC(=O)CCCCOC(=O)C(=C)C. The number of rotatable bonds is 24. The molecule has 0 saturated carbocycles. The minimum absolute atomic E-state index is 0.0221. The lowest BCUT2D eigenvalue weighted by molar-refractivity contribution is -0.230. The van der Waals surface area contributed by atoms with Gasteiger partial charge in [0.05, 0.1) is 32.8 Å². The second-order valence-corrected chi connectivity index (χ2v) is 11.1. The van der Waals surface area contributed by atoms with Crippen molar-refractivity contribution in [2.45, 2.75) is 103 Å². The molecule has 0 amide bonds. The third kappa shape index (κ3) is 19.8. The molecule has 13 nitrogen and oxygen atoms in total. The Bertz CT molecular complexity index is 1030. The van der Waals surface area contributed by atoms with Crippen LogP contribution < -0.4 is 0 Å². The zero-order chi connectivity index (χ0) is 34.3. The maximum atomic E-state index is 12.6. The number of unbranched alkanes of at least 4 members (excludes halogenated alkanes) is 3. The quantitative estimate of drug-likeness (QED) is 0.0360. The maximum absolute atomic E-state index is 12.6. The van der Waals surface area contributed by atoms with E-state index < -0.39 is 48.3 Å². The summed E-state index contributed by atoms with van der Waals surface area (Å²) in [6.07, 6.45) is 0.254.